The molecule has 2 N–H and O–H groups in total. The van der Waals surface area contributed by atoms with Crippen molar-refractivity contribution in [3.63, 3.8) is 0 Å². The third kappa shape index (κ3) is 3.16. The number of rotatable bonds is 5. The molecule has 0 spiro atoms. The number of nitrogens with two attached hydrogens (primary N) is 1. The van der Waals surface area contributed by atoms with Gasteiger partial charge in [-0.05, 0) is 18.6 Å². The number of ether oxygens (including phenoxy) is 2. The second kappa shape index (κ2) is 6.30. The van der Waals surface area contributed by atoms with Gasteiger partial charge in [0.2, 0.25) is 5.82 Å². The van der Waals surface area contributed by atoms with Crippen LogP contribution < -0.4 is 10.5 Å². The first-order valence-corrected chi connectivity index (χ1v) is 5.44. The van der Waals surface area contributed by atoms with Crippen molar-refractivity contribution in [3.8, 4) is 5.75 Å². The van der Waals surface area contributed by atoms with Gasteiger partial charge < -0.3 is 15.2 Å². The smallest absolute Gasteiger partial charge is 0.323 e. The Morgan fingerprint density at radius 3 is 2.61 bits per heavy atom. The summed E-state index contributed by atoms with van der Waals surface area (Å²) in [7, 11) is 1.24. The van der Waals surface area contributed by atoms with E-state index >= 15 is 0 Å². The molecular weight excluding hydrogens is 244 g/mol. The van der Waals surface area contributed by atoms with E-state index in [1.165, 1.54) is 19.2 Å². The van der Waals surface area contributed by atoms with E-state index in [0.29, 0.717) is 0 Å². The Kier molecular flexibility index (Phi) is 5.03. The zero-order valence-corrected chi connectivity index (χ0v) is 10.2. The van der Waals surface area contributed by atoms with Gasteiger partial charge in [-0.1, -0.05) is 6.07 Å². The lowest BCUT2D eigenvalue weighted by Crippen LogP contribution is -2.34. The molecule has 1 rings (SSSR count). The van der Waals surface area contributed by atoms with Crippen LogP contribution in [-0.2, 0) is 16.0 Å². The standard InChI is InChI=1S/C12H15F2NO3/c1-3-18-12(16)8(15)6-7-4-5-9(17-2)11(14)10(7)13/h4-5,8H,3,6,15H2,1-2H3. The summed E-state index contributed by atoms with van der Waals surface area (Å²) in [5, 5.41) is 0. The number of carbonyl (C=O) groups is 1. The highest BCUT2D eigenvalue weighted by Gasteiger charge is 2.20. The van der Waals surface area contributed by atoms with Gasteiger partial charge in [0.25, 0.3) is 0 Å². The monoisotopic (exact) mass is 259 g/mol. The van der Waals surface area contributed by atoms with Crippen LogP contribution in [0.1, 0.15) is 12.5 Å². The molecule has 1 unspecified atom stereocenters. The van der Waals surface area contributed by atoms with Crippen LogP contribution in [0.2, 0.25) is 0 Å². The fourth-order valence-corrected chi connectivity index (χ4v) is 1.46. The van der Waals surface area contributed by atoms with Crippen LogP contribution in [0.4, 0.5) is 8.78 Å². The molecule has 0 saturated carbocycles. The molecule has 0 aliphatic rings. The van der Waals surface area contributed by atoms with Crippen molar-refractivity contribution in [1.82, 2.24) is 0 Å². The van der Waals surface area contributed by atoms with Crippen molar-refractivity contribution in [3.05, 3.63) is 29.3 Å². The van der Waals surface area contributed by atoms with Crippen LogP contribution in [0.15, 0.2) is 12.1 Å². The Balaban J connectivity index is 2.85. The van der Waals surface area contributed by atoms with E-state index < -0.39 is 23.6 Å². The van der Waals surface area contributed by atoms with Crippen LogP contribution in [0.3, 0.4) is 0 Å². The molecule has 18 heavy (non-hydrogen) atoms. The van der Waals surface area contributed by atoms with Crippen LogP contribution in [-0.4, -0.2) is 25.7 Å². The minimum Gasteiger partial charge on any atom is -0.494 e. The molecule has 1 aromatic carbocycles. The third-order valence-corrected chi connectivity index (χ3v) is 2.38. The average molecular weight is 259 g/mol. The van der Waals surface area contributed by atoms with E-state index in [-0.39, 0.29) is 24.3 Å². The van der Waals surface area contributed by atoms with E-state index in [1.54, 1.807) is 6.92 Å². The lowest BCUT2D eigenvalue weighted by molar-refractivity contribution is -0.144. The first kappa shape index (κ1) is 14.4. The molecule has 0 aliphatic carbocycles. The highest BCUT2D eigenvalue weighted by atomic mass is 19.2. The predicted molar refractivity (Wildman–Crippen MR) is 61.2 cm³/mol. The molecule has 0 aromatic heterocycles. The zero-order valence-electron chi connectivity index (χ0n) is 10.2. The van der Waals surface area contributed by atoms with Gasteiger partial charge in [-0.2, -0.15) is 4.39 Å². The second-order valence-corrected chi connectivity index (χ2v) is 3.62. The average Bonchev–Trinajstić information content (AvgIpc) is 2.35. The second-order valence-electron chi connectivity index (χ2n) is 3.62. The van der Waals surface area contributed by atoms with E-state index in [1.807, 2.05) is 0 Å². The summed E-state index contributed by atoms with van der Waals surface area (Å²) >= 11 is 0. The molecule has 0 saturated heterocycles. The Morgan fingerprint density at radius 1 is 1.39 bits per heavy atom. The highest BCUT2D eigenvalue weighted by molar-refractivity contribution is 5.75. The number of esters is 1. The molecule has 0 amide bonds. The van der Waals surface area contributed by atoms with Crippen LogP contribution >= 0.6 is 0 Å². The van der Waals surface area contributed by atoms with Crippen molar-refractivity contribution >= 4 is 5.97 Å². The van der Waals surface area contributed by atoms with Crippen molar-refractivity contribution < 1.29 is 23.0 Å². The van der Waals surface area contributed by atoms with E-state index in [0.717, 1.165) is 0 Å². The highest BCUT2D eigenvalue weighted by Crippen LogP contribution is 2.23. The minimum atomic E-state index is -1.09. The first-order chi connectivity index (χ1) is 8.51. The summed E-state index contributed by atoms with van der Waals surface area (Å²) in [5.74, 6) is -2.99. The van der Waals surface area contributed by atoms with Crippen molar-refractivity contribution in [2.45, 2.75) is 19.4 Å². The molecule has 0 heterocycles. The van der Waals surface area contributed by atoms with E-state index in [2.05, 4.69) is 9.47 Å². The Labute approximate surface area is 104 Å². The van der Waals surface area contributed by atoms with Gasteiger partial charge in [-0.3, -0.25) is 4.79 Å². The molecule has 6 heteroatoms. The van der Waals surface area contributed by atoms with Gasteiger partial charge in [0.05, 0.1) is 13.7 Å². The summed E-state index contributed by atoms with van der Waals surface area (Å²) < 4.78 is 36.3. The summed E-state index contributed by atoms with van der Waals surface area (Å²) in [5.41, 5.74) is 5.54. The minimum absolute atomic E-state index is 0.00820. The van der Waals surface area contributed by atoms with Crippen molar-refractivity contribution in [2.24, 2.45) is 5.73 Å². The molecule has 4 nitrogen and oxygen atoms in total. The number of halogens is 2. The third-order valence-electron chi connectivity index (χ3n) is 2.38. The number of methoxy groups -OCH3 is 1. The fourth-order valence-electron chi connectivity index (χ4n) is 1.46. The number of carbonyl (C=O) groups excluding carboxylic acids is 1. The maximum absolute atomic E-state index is 13.6. The Morgan fingerprint density at radius 2 is 2.06 bits per heavy atom. The van der Waals surface area contributed by atoms with E-state index in [9.17, 15) is 13.6 Å². The van der Waals surface area contributed by atoms with Gasteiger partial charge in [0.1, 0.15) is 6.04 Å². The Bertz CT molecular complexity index is 438. The molecule has 1 aromatic rings. The Hall–Kier alpha value is -1.69. The molecular formula is C12H15F2NO3. The van der Waals surface area contributed by atoms with Crippen molar-refractivity contribution in [1.29, 1.82) is 0 Å². The summed E-state index contributed by atoms with van der Waals surface area (Å²) in [6.45, 7) is 1.82. The lowest BCUT2D eigenvalue weighted by atomic mass is 10.1. The van der Waals surface area contributed by atoms with Gasteiger partial charge >= 0.3 is 5.97 Å². The molecule has 1 atom stereocenters. The van der Waals surface area contributed by atoms with Gasteiger partial charge in [0.15, 0.2) is 11.6 Å². The van der Waals surface area contributed by atoms with Gasteiger partial charge in [-0.25, -0.2) is 4.39 Å². The number of benzene rings is 1. The topological polar surface area (TPSA) is 61.5 Å². The molecule has 0 aliphatic heterocycles. The predicted octanol–water partition coefficient (Wildman–Crippen LogP) is 1.41. The van der Waals surface area contributed by atoms with Crippen LogP contribution in [0.5, 0.6) is 5.75 Å². The zero-order chi connectivity index (χ0) is 13.7. The lowest BCUT2D eigenvalue weighted by Gasteiger charge is -2.12. The fraction of sp³-hybridized carbons (Fsp3) is 0.417. The van der Waals surface area contributed by atoms with Crippen molar-refractivity contribution in [2.75, 3.05) is 13.7 Å². The number of hydrogen-bond acceptors (Lipinski definition) is 4. The van der Waals surface area contributed by atoms with Crippen LogP contribution in [0, 0.1) is 11.6 Å². The first-order valence-electron chi connectivity index (χ1n) is 5.44. The van der Waals surface area contributed by atoms with Gasteiger partial charge in [-0.15, -0.1) is 0 Å². The summed E-state index contributed by atoms with van der Waals surface area (Å²) in [6, 6.07) is 1.59. The normalized spacial score (nSPS) is 12.1. The molecule has 100 valence electrons. The summed E-state index contributed by atoms with van der Waals surface area (Å²) in [6.07, 6.45) is -0.133. The van der Waals surface area contributed by atoms with Crippen LogP contribution in [0.25, 0.3) is 0 Å². The maximum atomic E-state index is 13.6. The molecule has 0 fully saturated rings. The quantitative estimate of drug-likeness (QED) is 0.812. The maximum Gasteiger partial charge on any atom is 0.323 e. The largest absolute Gasteiger partial charge is 0.494 e. The molecule has 0 bridgehead atoms. The van der Waals surface area contributed by atoms with E-state index in [4.69, 9.17) is 5.73 Å². The van der Waals surface area contributed by atoms with Gasteiger partial charge in [0, 0.05) is 6.42 Å². The summed E-state index contributed by atoms with van der Waals surface area (Å²) in [4.78, 5) is 11.3. The number of hydrogen-bond donors (Lipinski definition) is 1. The SMILES string of the molecule is CCOC(=O)C(N)Cc1ccc(OC)c(F)c1F. The molecule has 0 radical (unpaired) electrons.